The molecule has 34 heavy (non-hydrogen) atoms. The van der Waals surface area contributed by atoms with Crippen molar-refractivity contribution in [1.82, 2.24) is 9.88 Å². The van der Waals surface area contributed by atoms with Crippen LogP contribution in [0.4, 0.5) is 10.1 Å². The second-order valence-corrected chi connectivity index (χ2v) is 7.71. The molecule has 0 atom stereocenters. The fourth-order valence-corrected chi connectivity index (χ4v) is 3.75. The number of nitrogens with zero attached hydrogens (tertiary/aromatic N) is 1. The summed E-state index contributed by atoms with van der Waals surface area (Å²) in [7, 11) is 0. The summed E-state index contributed by atoms with van der Waals surface area (Å²) >= 11 is 0. The van der Waals surface area contributed by atoms with E-state index in [-0.39, 0.29) is 29.9 Å². The fourth-order valence-electron chi connectivity index (χ4n) is 3.75. The standard InChI is InChI=1S/C26H20FN3O4/c27-19-7-5-17(6-8-19)16-30-22-10-9-20(29-26(32)24-4-2-12-34-24)13-18(22)14-23(30)25(31)28-15-21-3-1-11-33-21/h1-14H,15-16H2,(H,28,31)(H,29,32). The molecule has 0 unspecified atom stereocenters. The quantitative estimate of drug-likeness (QED) is 0.352. The van der Waals surface area contributed by atoms with Crippen LogP contribution in [0.1, 0.15) is 32.4 Å². The van der Waals surface area contributed by atoms with Gasteiger partial charge in [0.05, 0.1) is 19.1 Å². The summed E-state index contributed by atoms with van der Waals surface area (Å²) in [5.41, 5.74) is 2.63. The molecule has 2 N–H and O–H groups in total. The predicted octanol–water partition coefficient (Wildman–Crippen LogP) is 5.20. The molecule has 0 aliphatic rings. The van der Waals surface area contributed by atoms with Crippen molar-refractivity contribution in [2.24, 2.45) is 0 Å². The number of furan rings is 2. The third-order valence-corrected chi connectivity index (χ3v) is 5.39. The van der Waals surface area contributed by atoms with Crippen LogP contribution in [0.25, 0.3) is 10.9 Å². The van der Waals surface area contributed by atoms with Crippen molar-refractivity contribution in [1.29, 1.82) is 0 Å². The number of hydrogen-bond donors (Lipinski definition) is 2. The maximum Gasteiger partial charge on any atom is 0.291 e. The number of aromatic nitrogens is 1. The zero-order chi connectivity index (χ0) is 23.5. The topological polar surface area (TPSA) is 89.4 Å². The fraction of sp³-hybridized carbons (Fsp3) is 0.0769. The van der Waals surface area contributed by atoms with Crippen LogP contribution in [0.2, 0.25) is 0 Å². The maximum atomic E-state index is 13.4. The van der Waals surface area contributed by atoms with Crippen LogP contribution in [0.15, 0.2) is 94.2 Å². The van der Waals surface area contributed by atoms with Gasteiger partial charge in [-0.05, 0) is 66.2 Å². The highest BCUT2D eigenvalue weighted by molar-refractivity contribution is 6.04. The van der Waals surface area contributed by atoms with E-state index in [4.69, 9.17) is 8.83 Å². The number of anilines is 1. The molecule has 3 aromatic heterocycles. The summed E-state index contributed by atoms with van der Waals surface area (Å²) in [6.07, 6.45) is 2.98. The monoisotopic (exact) mass is 457 g/mol. The normalized spacial score (nSPS) is 11.0. The first-order valence-corrected chi connectivity index (χ1v) is 10.6. The van der Waals surface area contributed by atoms with Gasteiger partial charge in [-0.15, -0.1) is 0 Å². The van der Waals surface area contributed by atoms with E-state index >= 15 is 0 Å². The molecule has 0 radical (unpaired) electrons. The van der Waals surface area contributed by atoms with Crippen molar-refractivity contribution in [3.05, 3.63) is 114 Å². The number of carbonyl (C=O) groups is 2. The van der Waals surface area contributed by atoms with Crippen LogP contribution < -0.4 is 10.6 Å². The van der Waals surface area contributed by atoms with Crippen molar-refractivity contribution in [3.8, 4) is 0 Å². The minimum Gasteiger partial charge on any atom is -0.467 e. The van der Waals surface area contributed by atoms with Crippen LogP contribution in [-0.2, 0) is 13.1 Å². The molecule has 0 spiro atoms. The predicted molar refractivity (Wildman–Crippen MR) is 124 cm³/mol. The molecule has 0 bridgehead atoms. The summed E-state index contributed by atoms with van der Waals surface area (Å²) < 4.78 is 25.7. The molecule has 0 fully saturated rings. The third-order valence-electron chi connectivity index (χ3n) is 5.39. The minimum atomic E-state index is -0.369. The lowest BCUT2D eigenvalue weighted by Gasteiger charge is -2.12. The molecule has 7 nitrogen and oxygen atoms in total. The van der Waals surface area contributed by atoms with Crippen molar-refractivity contribution >= 4 is 28.4 Å². The van der Waals surface area contributed by atoms with Crippen molar-refractivity contribution in [2.45, 2.75) is 13.1 Å². The van der Waals surface area contributed by atoms with Crippen LogP contribution in [0.3, 0.4) is 0 Å². The van der Waals surface area contributed by atoms with Gasteiger partial charge in [-0.1, -0.05) is 12.1 Å². The van der Waals surface area contributed by atoms with Crippen molar-refractivity contribution < 1.29 is 22.8 Å². The average molecular weight is 457 g/mol. The van der Waals surface area contributed by atoms with Crippen LogP contribution in [0, 0.1) is 5.82 Å². The van der Waals surface area contributed by atoms with Gasteiger partial charge < -0.3 is 24.0 Å². The van der Waals surface area contributed by atoms with E-state index in [9.17, 15) is 14.0 Å². The Kier molecular flexibility index (Phi) is 5.70. The molecular formula is C26H20FN3O4. The molecule has 0 aliphatic heterocycles. The van der Waals surface area contributed by atoms with Crippen LogP contribution in [-0.4, -0.2) is 16.4 Å². The van der Waals surface area contributed by atoms with Gasteiger partial charge in [0.1, 0.15) is 17.3 Å². The van der Waals surface area contributed by atoms with Crippen LogP contribution in [0.5, 0.6) is 0 Å². The maximum absolute atomic E-state index is 13.4. The zero-order valence-electron chi connectivity index (χ0n) is 18.0. The molecule has 3 heterocycles. The van der Waals surface area contributed by atoms with Gasteiger partial charge in [0.2, 0.25) is 0 Å². The molecule has 170 valence electrons. The Morgan fingerprint density at radius 2 is 1.68 bits per heavy atom. The number of halogens is 1. The van der Waals surface area contributed by atoms with E-state index in [1.165, 1.54) is 18.4 Å². The molecular weight excluding hydrogens is 437 g/mol. The number of hydrogen-bond acceptors (Lipinski definition) is 4. The van der Waals surface area contributed by atoms with Gasteiger partial charge in [-0.2, -0.15) is 0 Å². The third kappa shape index (κ3) is 4.47. The number of rotatable bonds is 7. The largest absolute Gasteiger partial charge is 0.467 e. The van der Waals surface area contributed by atoms with Gasteiger partial charge in [-0.25, -0.2) is 4.39 Å². The first-order chi connectivity index (χ1) is 16.6. The average Bonchev–Trinajstić information content (AvgIpc) is 3.61. The lowest BCUT2D eigenvalue weighted by atomic mass is 10.2. The lowest BCUT2D eigenvalue weighted by molar-refractivity contribution is 0.0938. The Labute approximate surface area is 193 Å². The lowest BCUT2D eigenvalue weighted by Crippen LogP contribution is -2.25. The van der Waals surface area contributed by atoms with Crippen molar-refractivity contribution in [3.63, 3.8) is 0 Å². The highest BCUT2D eigenvalue weighted by Crippen LogP contribution is 2.25. The molecule has 0 saturated heterocycles. The summed E-state index contributed by atoms with van der Waals surface area (Å²) in [5.74, 6) is -0.138. The SMILES string of the molecule is O=C(Nc1ccc2c(c1)cc(C(=O)NCc1ccco1)n2Cc1ccc(F)cc1)c1ccco1. The molecule has 0 saturated carbocycles. The smallest absolute Gasteiger partial charge is 0.291 e. The number of nitrogens with one attached hydrogen (secondary N) is 2. The van der Waals surface area contributed by atoms with E-state index in [1.54, 1.807) is 60.9 Å². The number of carbonyl (C=O) groups excluding carboxylic acids is 2. The van der Waals surface area contributed by atoms with Crippen LogP contribution >= 0.6 is 0 Å². The number of fused-ring (bicyclic) bond motifs is 1. The first kappa shape index (κ1) is 21.3. The molecule has 5 aromatic rings. The van der Waals surface area contributed by atoms with E-state index in [0.717, 1.165) is 16.5 Å². The van der Waals surface area contributed by atoms with Gasteiger partial charge >= 0.3 is 0 Å². The summed E-state index contributed by atoms with van der Waals surface area (Å²) in [6.45, 7) is 0.611. The summed E-state index contributed by atoms with van der Waals surface area (Å²) in [4.78, 5) is 25.4. The molecule has 0 aliphatic carbocycles. The molecule has 2 aromatic carbocycles. The van der Waals surface area contributed by atoms with E-state index in [1.807, 2.05) is 10.6 Å². The highest BCUT2D eigenvalue weighted by atomic mass is 19.1. The van der Waals surface area contributed by atoms with Gasteiger partial charge in [-0.3, -0.25) is 9.59 Å². The van der Waals surface area contributed by atoms with E-state index < -0.39 is 0 Å². The van der Waals surface area contributed by atoms with Gasteiger partial charge in [0, 0.05) is 23.1 Å². The minimum absolute atomic E-state index is 0.201. The van der Waals surface area contributed by atoms with E-state index in [0.29, 0.717) is 23.7 Å². The summed E-state index contributed by atoms with van der Waals surface area (Å²) in [6, 6.07) is 20.0. The second kappa shape index (κ2) is 9.11. The zero-order valence-corrected chi connectivity index (χ0v) is 18.0. The van der Waals surface area contributed by atoms with Crippen molar-refractivity contribution in [2.75, 3.05) is 5.32 Å². The first-order valence-electron chi connectivity index (χ1n) is 10.6. The Morgan fingerprint density at radius 1 is 0.882 bits per heavy atom. The Bertz CT molecular complexity index is 1440. The second-order valence-electron chi connectivity index (χ2n) is 7.71. The Balaban J connectivity index is 1.47. The van der Waals surface area contributed by atoms with E-state index in [2.05, 4.69) is 10.6 Å². The van der Waals surface area contributed by atoms with Gasteiger partial charge in [0.15, 0.2) is 5.76 Å². The highest BCUT2D eigenvalue weighted by Gasteiger charge is 2.17. The Hall–Kier alpha value is -4.59. The number of benzene rings is 2. The Morgan fingerprint density at radius 3 is 2.41 bits per heavy atom. The summed E-state index contributed by atoms with van der Waals surface area (Å²) in [5, 5.41) is 6.43. The van der Waals surface area contributed by atoms with Gasteiger partial charge in [0.25, 0.3) is 11.8 Å². The number of amides is 2. The molecule has 8 heteroatoms. The molecule has 5 rings (SSSR count). The molecule has 2 amide bonds.